The molecule has 6 nitrogen and oxygen atoms in total. The van der Waals surface area contributed by atoms with E-state index in [1.165, 1.54) is 23.9 Å². The quantitative estimate of drug-likeness (QED) is 0.518. The summed E-state index contributed by atoms with van der Waals surface area (Å²) < 4.78 is 0. The molecule has 1 aromatic rings. The Hall–Kier alpha value is -1.31. The maximum Gasteiger partial charge on any atom is 0.269 e. The Morgan fingerprint density at radius 3 is 2.43 bits per heavy atom. The van der Waals surface area contributed by atoms with Crippen LogP contribution in [0.1, 0.15) is 12.8 Å². The van der Waals surface area contributed by atoms with Crippen molar-refractivity contribution in [2.75, 3.05) is 18.8 Å². The first-order valence-electron chi connectivity index (χ1n) is 6.47. The summed E-state index contributed by atoms with van der Waals surface area (Å²) in [6.07, 6.45) is 1.71. The number of halogens is 1. The van der Waals surface area contributed by atoms with Crippen LogP contribution in [0.15, 0.2) is 29.2 Å². The third-order valence-electron chi connectivity index (χ3n) is 3.30. The number of carbonyl (C=O) groups excluding carboxylic acids is 1. The topological polar surface area (TPSA) is 89.5 Å². The van der Waals surface area contributed by atoms with E-state index in [1.54, 1.807) is 12.1 Å². The number of hydrogen-bond donors (Lipinski definition) is 1. The number of amides is 1. The number of benzene rings is 1. The second-order valence-electron chi connectivity index (χ2n) is 4.76. The summed E-state index contributed by atoms with van der Waals surface area (Å²) in [6.45, 7) is 1.45. The Morgan fingerprint density at radius 1 is 1.33 bits per heavy atom. The Bertz CT molecular complexity index is 490. The number of rotatable bonds is 4. The molecule has 2 rings (SSSR count). The van der Waals surface area contributed by atoms with E-state index >= 15 is 0 Å². The molecule has 1 saturated heterocycles. The van der Waals surface area contributed by atoms with Crippen molar-refractivity contribution < 1.29 is 9.72 Å². The summed E-state index contributed by atoms with van der Waals surface area (Å²) in [5, 5.41) is 10.5. The van der Waals surface area contributed by atoms with Gasteiger partial charge in [-0.05, 0) is 25.0 Å². The van der Waals surface area contributed by atoms with Crippen LogP contribution < -0.4 is 5.73 Å². The van der Waals surface area contributed by atoms with Crippen molar-refractivity contribution in [3.63, 3.8) is 0 Å². The highest BCUT2D eigenvalue weighted by molar-refractivity contribution is 8.00. The average Bonchev–Trinajstić information content (AvgIpc) is 2.46. The number of nitrogens with zero attached hydrogens (tertiary/aromatic N) is 2. The summed E-state index contributed by atoms with van der Waals surface area (Å²) in [5.74, 6) is 0.452. The largest absolute Gasteiger partial charge is 0.342 e. The van der Waals surface area contributed by atoms with Gasteiger partial charge in [0.05, 0.1) is 10.7 Å². The number of likely N-dealkylation sites (tertiary alicyclic amines) is 1. The Morgan fingerprint density at radius 2 is 1.90 bits per heavy atom. The number of carbonyl (C=O) groups is 1. The highest BCUT2D eigenvalue weighted by atomic mass is 35.5. The Balaban J connectivity index is 0.00000220. The van der Waals surface area contributed by atoms with Gasteiger partial charge in [0.25, 0.3) is 5.69 Å². The van der Waals surface area contributed by atoms with Gasteiger partial charge in [0, 0.05) is 36.2 Å². The van der Waals surface area contributed by atoms with Gasteiger partial charge in [0.2, 0.25) is 5.91 Å². The molecule has 0 aliphatic carbocycles. The van der Waals surface area contributed by atoms with Crippen LogP contribution in [0.2, 0.25) is 0 Å². The van der Waals surface area contributed by atoms with Crippen molar-refractivity contribution in [1.82, 2.24) is 4.90 Å². The van der Waals surface area contributed by atoms with Crippen LogP contribution in [0.4, 0.5) is 5.69 Å². The summed E-state index contributed by atoms with van der Waals surface area (Å²) in [5.41, 5.74) is 5.86. The summed E-state index contributed by atoms with van der Waals surface area (Å²) in [6, 6.07) is 6.45. The number of nitro benzene ring substituents is 1. The number of hydrogen-bond acceptors (Lipinski definition) is 5. The van der Waals surface area contributed by atoms with Crippen molar-refractivity contribution in [3.05, 3.63) is 34.4 Å². The smallest absolute Gasteiger partial charge is 0.269 e. The minimum Gasteiger partial charge on any atom is -0.342 e. The predicted octanol–water partition coefficient (Wildman–Crippen LogP) is 2.06. The van der Waals surface area contributed by atoms with E-state index in [-0.39, 0.29) is 30.0 Å². The van der Waals surface area contributed by atoms with Gasteiger partial charge in [-0.1, -0.05) is 0 Å². The Labute approximate surface area is 133 Å². The third kappa shape index (κ3) is 5.18. The summed E-state index contributed by atoms with van der Waals surface area (Å²) in [4.78, 5) is 24.8. The molecule has 1 aliphatic heterocycles. The number of non-ortho nitro benzene ring substituents is 1. The lowest BCUT2D eigenvalue weighted by atomic mass is 10.1. The van der Waals surface area contributed by atoms with Crippen LogP contribution in [0.25, 0.3) is 0 Å². The summed E-state index contributed by atoms with van der Waals surface area (Å²) >= 11 is 1.40. The first-order valence-corrected chi connectivity index (χ1v) is 7.45. The summed E-state index contributed by atoms with van der Waals surface area (Å²) in [7, 11) is 0. The maximum atomic E-state index is 12.0. The number of nitro groups is 1. The van der Waals surface area contributed by atoms with E-state index < -0.39 is 4.92 Å². The minimum atomic E-state index is -0.434. The molecule has 0 radical (unpaired) electrons. The second-order valence-corrected chi connectivity index (χ2v) is 5.81. The molecule has 8 heteroatoms. The van der Waals surface area contributed by atoms with Crippen molar-refractivity contribution in [3.8, 4) is 0 Å². The van der Waals surface area contributed by atoms with Crippen LogP contribution >= 0.6 is 24.2 Å². The van der Waals surface area contributed by atoms with Gasteiger partial charge in [-0.15, -0.1) is 24.2 Å². The van der Waals surface area contributed by atoms with Crippen LogP contribution in [-0.4, -0.2) is 40.6 Å². The number of thioether (sulfide) groups is 1. The fourth-order valence-corrected chi connectivity index (χ4v) is 2.85. The molecule has 0 aromatic heterocycles. The van der Waals surface area contributed by atoms with E-state index in [9.17, 15) is 14.9 Å². The molecule has 0 atom stereocenters. The van der Waals surface area contributed by atoms with Gasteiger partial charge in [-0.25, -0.2) is 0 Å². The van der Waals surface area contributed by atoms with Gasteiger partial charge in [0.15, 0.2) is 0 Å². The molecule has 0 saturated carbocycles. The van der Waals surface area contributed by atoms with Crippen molar-refractivity contribution in [2.45, 2.75) is 23.8 Å². The molecule has 0 unspecified atom stereocenters. The van der Waals surface area contributed by atoms with E-state index in [0.717, 1.165) is 30.8 Å². The molecule has 116 valence electrons. The highest BCUT2D eigenvalue weighted by Gasteiger charge is 2.20. The van der Waals surface area contributed by atoms with Crippen molar-refractivity contribution >= 4 is 35.8 Å². The van der Waals surface area contributed by atoms with Crippen molar-refractivity contribution in [1.29, 1.82) is 0 Å². The van der Waals surface area contributed by atoms with Gasteiger partial charge in [-0.2, -0.15) is 0 Å². The zero-order valence-electron chi connectivity index (χ0n) is 11.4. The zero-order chi connectivity index (χ0) is 14.5. The van der Waals surface area contributed by atoms with E-state index in [0.29, 0.717) is 5.75 Å². The second kappa shape index (κ2) is 8.21. The van der Waals surface area contributed by atoms with Crippen LogP contribution in [0, 0.1) is 10.1 Å². The molecule has 1 aliphatic rings. The fraction of sp³-hybridized carbons (Fsp3) is 0.462. The van der Waals surface area contributed by atoms with Gasteiger partial charge < -0.3 is 10.6 Å². The van der Waals surface area contributed by atoms with Crippen LogP contribution in [-0.2, 0) is 4.79 Å². The molecular formula is C13H18ClN3O3S. The maximum absolute atomic E-state index is 12.0. The normalized spacial score (nSPS) is 15.4. The standard InChI is InChI=1S/C13H17N3O3S.ClH/c14-10-5-7-15(8-6-10)13(17)9-20-12-3-1-11(2-4-12)16(18)19;/h1-4,10H,5-9,14H2;1H. The molecule has 1 fully saturated rings. The van der Waals surface area contributed by atoms with E-state index in [2.05, 4.69) is 0 Å². The number of piperidine rings is 1. The van der Waals surface area contributed by atoms with Crippen molar-refractivity contribution in [2.24, 2.45) is 5.73 Å². The van der Waals surface area contributed by atoms with Gasteiger partial charge >= 0.3 is 0 Å². The molecule has 1 amide bonds. The van der Waals surface area contributed by atoms with E-state index in [1.807, 2.05) is 4.90 Å². The average molecular weight is 332 g/mol. The SMILES string of the molecule is Cl.NC1CCN(C(=O)CSc2ccc([N+](=O)[O-])cc2)CC1. The lowest BCUT2D eigenvalue weighted by Crippen LogP contribution is -2.43. The lowest BCUT2D eigenvalue weighted by Gasteiger charge is -2.30. The number of nitrogens with two attached hydrogens (primary N) is 1. The molecular weight excluding hydrogens is 314 g/mol. The molecule has 1 heterocycles. The van der Waals surface area contributed by atoms with Gasteiger partial charge in [-0.3, -0.25) is 14.9 Å². The van der Waals surface area contributed by atoms with E-state index in [4.69, 9.17) is 5.73 Å². The molecule has 21 heavy (non-hydrogen) atoms. The Kier molecular flexibility index (Phi) is 6.94. The van der Waals surface area contributed by atoms with Crippen LogP contribution in [0.3, 0.4) is 0 Å². The fourth-order valence-electron chi connectivity index (χ4n) is 2.05. The first-order chi connectivity index (χ1) is 9.56. The monoisotopic (exact) mass is 331 g/mol. The molecule has 0 spiro atoms. The molecule has 1 aromatic carbocycles. The molecule has 0 bridgehead atoms. The predicted molar refractivity (Wildman–Crippen MR) is 84.9 cm³/mol. The highest BCUT2D eigenvalue weighted by Crippen LogP contribution is 2.22. The third-order valence-corrected chi connectivity index (χ3v) is 4.30. The lowest BCUT2D eigenvalue weighted by molar-refractivity contribution is -0.384. The zero-order valence-corrected chi connectivity index (χ0v) is 13.1. The van der Waals surface area contributed by atoms with Crippen LogP contribution in [0.5, 0.6) is 0 Å². The first kappa shape index (κ1) is 17.7. The molecule has 2 N–H and O–H groups in total. The minimum absolute atomic E-state index is 0. The van der Waals surface area contributed by atoms with Gasteiger partial charge in [0.1, 0.15) is 0 Å².